The SMILES string of the molecule is Cc1cc(-c2nn3c(CSC45CC6CC(CC(C6)C4)C5)nnc3s2)no1. The minimum atomic E-state index is 0.489. The Bertz CT molecular complexity index is 938. The molecule has 8 heteroatoms. The maximum absolute atomic E-state index is 5.17. The van der Waals surface area contributed by atoms with Crippen LogP contribution in [0.15, 0.2) is 10.6 Å². The third-order valence-corrected chi connectivity index (χ3v) is 8.83. The lowest BCUT2D eigenvalue weighted by Gasteiger charge is -2.56. The average molecular weight is 388 g/mol. The highest BCUT2D eigenvalue weighted by Crippen LogP contribution is 2.61. The summed E-state index contributed by atoms with van der Waals surface area (Å²) in [4.78, 5) is 0.835. The minimum absolute atomic E-state index is 0.489. The van der Waals surface area contributed by atoms with E-state index in [9.17, 15) is 0 Å². The molecule has 0 N–H and O–H groups in total. The molecule has 0 saturated heterocycles. The fourth-order valence-electron chi connectivity index (χ4n) is 5.74. The van der Waals surface area contributed by atoms with Gasteiger partial charge in [0.1, 0.15) is 11.5 Å². The van der Waals surface area contributed by atoms with Crippen molar-refractivity contribution in [2.75, 3.05) is 0 Å². The first-order valence-corrected chi connectivity index (χ1v) is 11.2. The fraction of sp³-hybridized carbons (Fsp3) is 0.667. The summed E-state index contributed by atoms with van der Waals surface area (Å²) in [5.41, 5.74) is 0.776. The first-order valence-electron chi connectivity index (χ1n) is 9.45. The van der Waals surface area contributed by atoms with Gasteiger partial charge in [-0.3, -0.25) is 0 Å². The highest BCUT2D eigenvalue weighted by Gasteiger charge is 2.51. The molecule has 0 spiro atoms. The van der Waals surface area contributed by atoms with Gasteiger partial charge >= 0.3 is 0 Å². The van der Waals surface area contributed by atoms with Gasteiger partial charge in [0.25, 0.3) is 0 Å². The van der Waals surface area contributed by atoms with E-state index in [1.54, 1.807) is 0 Å². The van der Waals surface area contributed by atoms with E-state index < -0.39 is 0 Å². The van der Waals surface area contributed by atoms with Crippen LogP contribution in [-0.4, -0.2) is 29.7 Å². The Morgan fingerprint density at radius 3 is 2.58 bits per heavy atom. The summed E-state index contributed by atoms with van der Waals surface area (Å²) in [6.07, 6.45) is 8.69. The van der Waals surface area contributed by atoms with Crippen molar-refractivity contribution in [3.8, 4) is 10.7 Å². The van der Waals surface area contributed by atoms with E-state index in [1.165, 1.54) is 49.9 Å². The van der Waals surface area contributed by atoms with Crippen molar-refractivity contribution in [1.29, 1.82) is 0 Å². The molecule has 0 atom stereocenters. The first-order chi connectivity index (χ1) is 12.7. The summed E-state index contributed by atoms with van der Waals surface area (Å²) in [7, 11) is 0. The van der Waals surface area contributed by atoms with E-state index in [2.05, 4.69) is 27.1 Å². The molecule has 0 radical (unpaired) electrons. The molecule has 3 heterocycles. The molecule has 0 aliphatic heterocycles. The highest BCUT2D eigenvalue weighted by molar-refractivity contribution is 7.99. The Morgan fingerprint density at radius 1 is 1.19 bits per heavy atom. The number of hydrogen-bond acceptors (Lipinski definition) is 7. The van der Waals surface area contributed by atoms with Gasteiger partial charge in [0.15, 0.2) is 10.8 Å². The van der Waals surface area contributed by atoms with Crippen molar-refractivity contribution in [3.63, 3.8) is 0 Å². The van der Waals surface area contributed by atoms with Crippen LogP contribution >= 0.6 is 23.1 Å². The number of nitrogens with zero attached hydrogens (tertiary/aromatic N) is 5. The van der Waals surface area contributed by atoms with Crippen molar-refractivity contribution in [2.45, 2.75) is 55.9 Å². The van der Waals surface area contributed by atoms with Gasteiger partial charge in [-0.1, -0.05) is 16.5 Å². The van der Waals surface area contributed by atoms with Gasteiger partial charge < -0.3 is 4.52 Å². The van der Waals surface area contributed by atoms with Crippen LogP contribution in [0.3, 0.4) is 0 Å². The van der Waals surface area contributed by atoms with Gasteiger partial charge in [-0.15, -0.1) is 22.0 Å². The molecule has 6 nitrogen and oxygen atoms in total. The largest absolute Gasteiger partial charge is 0.361 e. The average Bonchev–Trinajstić information content (AvgIpc) is 3.27. The number of hydrogen-bond donors (Lipinski definition) is 0. The molecule has 3 aromatic heterocycles. The Morgan fingerprint density at radius 2 is 1.92 bits per heavy atom. The van der Waals surface area contributed by atoms with Crippen molar-refractivity contribution in [3.05, 3.63) is 17.7 Å². The third kappa shape index (κ3) is 2.45. The Hall–Kier alpha value is -1.41. The van der Waals surface area contributed by atoms with Gasteiger partial charge in [-0.05, 0) is 63.2 Å². The van der Waals surface area contributed by atoms with Crippen molar-refractivity contribution in [2.24, 2.45) is 17.8 Å². The molecule has 4 fully saturated rings. The molecule has 136 valence electrons. The van der Waals surface area contributed by atoms with Gasteiger partial charge in [-0.25, -0.2) is 0 Å². The van der Waals surface area contributed by atoms with E-state index in [-0.39, 0.29) is 0 Å². The summed E-state index contributed by atoms with van der Waals surface area (Å²) in [5, 5.41) is 18.3. The third-order valence-electron chi connectivity index (χ3n) is 6.39. The van der Waals surface area contributed by atoms with Gasteiger partial charge in [0, 0.05) is 10.8 Å². The molecule has 0 amide bonds. The van der Waals surface area contributed by atoms with Crippen LogP contribution in [0.4, 0.5) is 0 Å². The number of thioether (sulfide) groups is 1. The lowest BCUT2D eigenvalue weighted by atomic mass is 9.56. The standard InChI is InChI=1S/C18H21N5OS2/c1-10-2-14(22-24-10)16-21-23-15(19-20-17(23)26-16)9-25-18-6-11-3-12(7-18)5-13(4-11)8-18/h2,11-13H,3-9H2,1H3. The lowest BCUT2D eigenvalue weighted by molar-refractivity contribution is 0.0383. The molecule has 4 bridgehead atoms. The van der Waals surface area contributed by atoms with Gasteiger partial charge in [0.05, 0.1) is 5.75 Å². The summed E-state index contributed by atoms with van der Waals surface area (Å²) < 4.78 is 7.56. The molecular weight excluding hydrogens is 366 g/mol. The molecule has 0 aromatic carbocycles. The number of aromatic nitrogens is 5. The van der Waals surface area contributed by atoms with Crippen LogP contribution < -0.4 is 0 Å². The monoisotopic (exact) mass is 387 g/mol. The first kappa shape index (κ1) is 15.6. The Balaban J connectivity index is 1.25. The van der Waals surface area contributed by atoms with Gasteiger partial charge in [-0.2, -0.15) is 9.61 Å². The second-order valence-corrected chi connectivity index (χ2v) is 10.8. The van der Waals surface area contributed by atoms with Crippen molar-refractivity contribution in [1.82, 2.24) is 25.0 Å². The summed E-state index contributed by atoms with van der Waals surface area (Å²) in [6.45, 7) is 1.89. The molecule has 7 rings (SSSR count). The second-order valence-electron chi connectivity index (χ2n) is 8.43. The summed E-state index contributed by atoms with van der Waals surface area (Å²) >= 11 is 3.64. The Labute approximate surface area is 159 Å². The zero-order chi connectivity index (χ0) is 17.3. The van der Waals surface area contributed by atoms with E-state index in [4.69, 9.17) is 9.62 Å². The maximum Gasteiger partial charge on any atom is 0.235 e. The Kier molecular flexibility index (Phi) is 3.33. The van der Waals surface area contributed by atoms with Gasteiger partial charge in [0.2, 0.25) is 4.96 Å². The van der Waals surface area contributed by atoms with Crippen LogP contribution in [0, 0.1) is 24.7 Å². The predicted molar refractivity (Wildman–Crippen MR) is 101 cm³/mol. The quantitative estimate of drug-likeness (QED) is 0.663. The summed E-state index contributed by atoms with van der Waals surface area (Å²) in [6, 6.07) is 1.91. The van der Waals surface area contributed by atoms with Crippen LogP contribution in [0.5, 0.6) is 0 Å². The molecule has 26 heavy (non-hydrogen) atoms. The van der Waals surface area contributed by atoms with E-state index in [1.807, 2.05) is 17.5 Å². The molecule has 4 aliphatic rings. The fourth-order valence-corrected chi connectivity index (χ4v) is 8.23. The van der Waals surface area contributed by atoms with Crippen molar-refractivity contribution < 1.29 is 4.52 Å². The van der Waals surface area contributed by atoms with Crippen LogP contribution in [0.25, 0.3) is 15.7 Å². The molecule has 0 unspecified atom stereocenters. The highest BCUT2D eigenvalue weighted by atomic mass is 32.2. The van der Waals surface area contributed by atoms with Crippen LogP contribution in [0.1, 0.15) is 50.1 Å². The minimum Gasteiger partial charge on any atom is -0.361 e. The predicted octanol–water partition coefficient (Wildman–Crippen LogP) is 4.35. The summed E-state index contributed by atoms with van der Waals surface area (Å²) in [5.74, 6) is 5.59. The zero-order valence-corrected chi connectivity index (χ0v) is 16.4. The molecule has 4 saturated carbocycles. The van der Waals surface area contributed by atoms with Crippen molar-refractivity contribution >= 4 is 28.1 Å². The van der Waals surface area contributed by atoms with E-state index in [0.717, 1.165) is 50.8 Å². The molecule has 4 aliphatic carbocycles. The van der Waals surface area contributed by atoms with E-state index in [0.29, 0.717) is 4.75 Å². The number of fused-ring (bicyclic) bond motifs is 1. The molecular formula is C18H21N5OS2. The molecule has 3 aromatic rings. The smallest absolute Gasteiger partial charge is 0.235 e. The normalized spacial score (nSPS) is 32.7. The maximum atomic E-state index is 5.17. The zero-order valence-electron chi connectivity index (χ0n) is 14.7. The van der Waals surface area contributed by atoms with Crippen LogP contribution in [-0.2, 0) is 5.75 Å². The topological polar surface area (TPSA) is 69.1 Å². The van der Waals surface area contributed by atoms with Crippen LogP contribution in [0.2, 0.25) is 0 Å². The number of rotatable bonds is 4. The van der Waals surface area contributed by atoms with E-state index >= 15 is 0 Å². The number of aryl methyl sites for hydroxylation is 1. The second kappa shape index (κ2) is 5.55. The lowest BCUT2D eigenvalue weighted by Crippen LogP contribution is -2.48.